The van der Waals surface area contributed by atoms with Crippen LogP contribution in [0.1, 0.15) is 13.8 Å². The minimum Gasteiger partial charge on any atom is -0.436 e. The van der Waals surface area contributed by atoms with E-state index in [0.717, 1.165) is 57.3 Å². The van der Waals surface area contributed by atoms with Crippen LogP contribution in [0.3, 0.4) is 0 Å². The summed E-state index contributed by atoms with van der Waals surface area (Å²) in [6.45, 7) is 6.16. The summed E-state index contributed by atoms with van der Waals surface area (Å²) in [7, 11) is 0. The van der Waals surface area contributed by atoms with Crippen LogP contribution in [0.15, 0.2) is 93.8 Å². The Morgan fingerprint density at radius 2 is 1.74 bits per heavy atom. The number of halogens is 1. The molecule has 0 saturated carbocycles. The first kappa shape index (κ1) is 23.1. The maximum Gasteiger partial charge on any atom is 0.246 e. The fourth-order valence-corrected chi connectivity index (χ4v) is 4.87. The van der Waals surface area contributed by atoms with Gasteiger partial charge in [0.15, 0.2) is 0 Å². The van der Waals surface area contributed by atoms with Gasteiger partial charge in [0.1, 0.15) is 10.6 Å². The number of hydrogen-bond donors (Lipinski definition) is 1. The Kier molecular flexibility index (Phi) is 6.84. The molecule has 5 aromatic rings. The quantitative estimate of drug-likeness (QED) is 0.233. The third-order valence-corrected chi connectivity index (χ3v) is 6.93. The molecule has 0 unspecified atom stereocenters. The van der Waals surface area contributed by atoms with Gasteiger partial charge in [0, 0.05) is 46.2 Å². The Morgan fingerprint density at radius 1 is 0.971 bits per heavy atom. The number of benzene rings is 3. The van der Waals surface area contributed by atoms with E-state index in [1.165, 1.54) is 0 Å². The van der Waals surface area contributed by atoms with Crippen molar-refractivity contribution in [1.29, 1.82) is 0 Å². The van der Waals surface area contributed by atoms with Gasteiger partial charge in [-0.1, -0.05) is 41.9 Å². The van der Waals surface area contributed by atoms with Crippen molar-refractivity contribution in [2.75, 3.05) is 23.4 Å². The van der Waals surface area contributed by atoms with E-state index in [4.69, 9.17) is 21.0 Å². The Balaban J connectivity index is 1.62. The van der Waals surface area contributed by atoms with Gasteiger partial charge in [0.2, 0.25) is 5.55 Å². The maximum atomic E-state index is 6.37. The van der Waals surface area contributed by atoms with Crippen molar-refractivity contribution in [3.63, 3.8) is 0 Å². The molecule has 5 rings (SSSR count). The number of nitrogens with one attached hydrogen (secondary N) is 1. The molecule has 0 saturated heterocycles. The third-order valence-electron chi connectivity index (χ3n) is 5.80. The molecule has 5 nitrogen and oxygen atoms in total. The van der Waals surface area contributed by atoms with E-state index in [1.807, 2.05) is 60.0 Å². The van der Waals surface area contributed by atoms with Gasteiger partial charge in [-0.05, 0) is 56.3 Å². The maximum absolute atomic E-state index is 6.37. The van der Waals surface area contributed by atoms with E-state index in [0.29, 0.717) is 10.6 Å². The van der Waals surface area contributed by atoms with Crippen LogP contribution >= 0.6 is 22.9 Å². The average molecular weight is 501 g/mol. The van der Waals surface area contributed by atoms with Crippen LogP contribution in [0.25, 0.3) is 32.8 Å². The Labute approximate surface area is 213 Å². The van der Waals surface area contributed by atoms with Crippen LogP contribution in [0, 0.1) is 0 Å². The molecule has 2 aromatic heterocycles. The highest BCUT2D eigenvalue weighted by molar-refractivity contribution is 7.13. The molecule has 1 N–H and O–H groups in total. The van der Waals surface area contributed by atoms with Crippen LogP contribution in [0.4, 0.5) is 11.4 Å². The zero-order valence-electron chi connectivity index (χ0n) is 19.5. The van der Waals surface area contributed by atoms with Crippen molar-refractivity contribution in [2.24, 2.45) is 5.10 Å². The second-order valence-electron chi connectivity index (χ2n) is 7.99. The lowest BCUT2D eigenvalue weighted by molar-refractivity contribution is 0.543. The Bertz CT molecular complexity index is 1510. The van der Waals surface area contributed by atoms with Gasteiger partial charge in [-0.2, -0.15) is 0 Å². The lowest BCUT2D eigenvalue weighted by Gasteiger charge is -2.21. The lowest BCUT2D eigenvalue weighted by atomic mass is 10.1. The fraction of sp³-hybridized carbons (Fsp3) is 0.143. The minimum absolute atomic E-state index is 0.482. The Morgan fingerprint density at radius 3 is 2.49 bits per heavy atom. The SMILES string of the molecule is CCN(CC)c1ccc2cc(-c3nc(-c4ccc(Cl)cc4)cs3)/c(=N/Nc3ccccc3)oc2c1. The molecule has 0 fully saturated rings. The number of fused-ring (bicyclic) bond motifs is 1. The number of hydrogen-bond acceptors (Lipinski definition) is 6. The highest BCUT2D eigenvalue weighted by Crippen LogP contribution is 2.30. The van der Waals surface area contributed by atoms with E-state index < -0.39 is 0 Å². The predicted molar refractivity (Wildman–Crippen MR) is 147 cm³/mol. The van der Waals surface area contributed by atoms with Gasteiger partial charge in [0.25, 0.3) is 0 Å². The summed E-state index contributed by atoms with van der Waals surface area (Å²) in [5, 5.41) is 9.21. The minimum atomic E-state index is 0.482. The van der Waals surface area contributed by atoms with Gasteiger partial charge in [-0.15, -0.1) is 16.4 Å². The van der Waals surface area contributed by atoms with Crippen molar-refractivity contribution in [3.8, 4) is 21.8 Å². The molecule has 7 heteroatoms. The number of nitrogens with zero attached hydrogens (tertiary/aromatic N) is 3. The average Bonchev–Trinajstić information content (AvgIpc) is 3.39. The molecule has 0 bridgehead atoms. The number of anilines is 2. The molecule has 0 spiro atoms. The van der Waals surface area contributed by atoms with E-state index >= 15 is 0 Å². The van der Waals surface area contributed by atoms with Crippen molar-refractivity contribution in [1.82, 2.24) is 4.98 Å². The molecule has 0 aliphatic heterocycles. The standard InChI is InChI=1S/C28H25ClN4OS/c1-3-33(4-2)23-15-12-20-16-24(28-30-25(18-35-28)19-10-13-21(29)14-11-19)27(34-26(20)17-23)32-31-22-8-6-5-7-9-22/h5-18,31H,3-4H2,1-2H3/b32-27-. The topological polar surface area (TPSA) is 53.7 Å². The molecule has 0 radical (unpaired) electrons. The monoisotopic (exact) mass is 500 g/mol. The smallest absolute Gasteiger partial charge is 0.246 e. The number of aromatic nitrogens is 1. The van der Waals surface area contributed by atoms with E-state index in [1.54, 1.807) is 11.3 Å². The van der Waals surface area contributed by atoms with Gasteiger partial charge in [0.05, 0.1) is 16.9 Å². The molecule has 0 amide bonds. The second-order valence-corrected chi connectivity index (χ2v) is 9.29. The van der Waals surface area contributed by atoms with E-state index in [2.05, 4.69) is 53.5 Å². The molecule has 176 valence electrons. The predicted octanol–water partition coefficient (Wildman–Crippen LogP) is 7.65. The summed E-state index contributed by atoms with van der Waals surface area (Å²) < 4.78 is 6.37. The highest BCUT2D eigenvalue weighted by atomic mass is 35.5. The number of rotatable bonds is 7. The van der Waals surface area contributed by atoms with Crippen molar-refractivity contribution in [2.45, 2.75) is 13.8 Å². The highest BCUT2D eigenvalue weighted by Gasteiger charge is 2.13. The number of para-hydroxylation sites is 1. The van der Waals surface area contributed by atoms with Gasteiger partial charge in [-0.3, -0.25) is 5.43 Å². The molecular formula is C28H25ClN4OS. The normalized spacial score (nSPS) is 11.7. The van der Waals surface area contributed by atoms with Crippen LogP contribution < -0.4 is 15.9 Å². The zero-order valence-corrected chi connectivity index (χ0v) is 21.1. The molecule has 3 aromatic carbocycles. The van der Waals surface area contributed by atoms with Crippen LogP contribution in [0.5, 0.6) is 0 Å². The van der Waals surface area contributed by atoms with Gasteiger partial charge < -0.3 is 9.32 Å². The first-order chi connectivity index (χ1) is 17.1. The summed E-state index contributed by atoms with van der Waals surface area (Å²) in [5.41, 5.74) is 9.13. The van der Waals surface area contributed by atoms with Crippen LogP contribution in [-0.2, 0) is 0 Å². The van der Waals surface area contributed by atoms with Gasteiger partial charge in [-0.25, -0.2) is 4.98 Å². The largest absolute Gasteiger partial charge is 0.436 e. The fourth-order valence-electron chi connectivity index (χ4n) is 3.91. The van der Waals surface area contributed by atoms with E-state index in [9.17, 15) is 0 Å². The third kappa shape index (κ3) is 5.09. The summed E-state index contributed by atoms with van der Waals surface area (Å²) in [6, 6.07) is 25.9. The van der Waals surface area contributed by atoms with Gasteiger partial charge >= 0.3 is 0 Å². The van der Waals surface area contributed by atoms with Crippen LogP contribution in [-0.4, -0.2) is 18.1 Å². The Hall–Kier alpha value is -3.61. The molecule has 2 heterocycles. The first-order valence-electron chi connectivity index (χ1n) is 11.5. The van der Waals surface area contributed by atoms with Crippen molar-refractivity contribution >= 4 is 45.3 Å². The molecule has 0 aliphatic carbocycles. The lowest BCUT2D eigenvalue weighted by Crippen LogP contribution is -2.21. The molecule has 0 atom stereocenters. The summed E-state index contributed by atoms with van der Waals surface area (Å²) in [4.78, 5) is 7.19. The summed E-state index contributed by atoms with van der Waals surface area (Å²) in [5.74, 6) is 0. The van der Waals surface area contributed by atoms with E-state index in [-0.39, 0.29) is 0 Å². The van der Waals surface area contributed by atoms with Crippen molar-refractivity contribution in [3.05, 3.63) is 94.8 Å². The summed E-state index contributed by atoms with van der Waals surface area (Å²) >= 11 is 7.62. The molecule has 35 heavy (non-hydrogen) atoms. The zero-order chi connectivity index (χ0) is 24.2. The summed E-state index contributed by atoms with van der Waals surface area (Å²) in [6.07, 6.45) is 0. The van der Waals surface area contributed by atoms with Crippen LogP contribution in [0.2, 0.25) is 5.02 Å². The van der Waals surface area contributed by atoms with Crippen molar-refractivity contribution < 1.29 is 4.42 Å². The first-order valence-corrected chi connectivity index (χ1v) is 12.8. The molecule has 0 aliphatic rings. The molecular weight excluding hydrogens is 476 g/mol. The number of thiazole rings is 1. The second kappa shape index (κ2) is 10.3.